The number of nitrogens with zero attached hydrogens (tertiary/aromatic N) is 1. The molecule has 2 aliphatic rings. The molecule has 4 nitrogen and oxygen atoms in total. The number of rotatable bonds is 3. The van der Waals surface area contributed by atoms with Crippen molar-refractivity contribution in [2.75, 3.05) is 23.3 Å². The van der Waals surface area contributed by atoms with Crippen molar-refractivity contribution in [3.8, 4) is 0 Å². The summed E-state index contributed by atoms with van der Waals surface area (Å²) in [4.78, 5) is 16.1. The van der Waals surface area contributed by atoms with Gasteiger partial charge in [0.2, 0.25) is 0 Å². The lowest BCUT2D eigenvalue weighted by molar-refractivity contribution is 0.102. The summed E-state index contributed by atoms with van der Waals surface area (Å²) in [7, 11) is 0. The van der Waals surface area contributed by atoms with Crippen LogP contribution in [0.25, 0.3) is 0 Å². The Kier molecular flexibility index (Phi) is 9.23. The first-order chi connectivity index (χ1) is 15.0. The second kappa shape index (κ2) is 11.2. The van der Waals surface area contributed by atoms with Gasteiger partial charge in [0, 0.05) is 34.9 Å². The van der Waals surface area contributed by atoms with E-state index in [1.807, 2.05) is 71.0 Å². The van der Waals surface area contributed by atoms with Gasteiger partial charge in [0.25, 0.3) is 5.91 Å². The van der Waals surface area contributed by atoms with Crippen LogP contribution in [-0.4, -0.2) is 24.5 Å². The van der Waals surface area contributed by atoms with Crippen molar-refractivity contribution in [1.29, 1.82) is 0 Å². The van der Waals surface area contributed by atoms with Gasteiger partial charge in [0.15, 0.2) is 0 Å². The highest BCUT2D eigenvalue weighted by molar-refractivity contribution is 7.80. The zero-order chi connectivity index (χ0) is 23.9. The topological polar surface area (TPSA) is 58.4 Å². The Morgan fingerprint density at radius 2 is 1.62 bits per heavy atom. The van der Waals surface area contributed by atoms with Crippen LogP contribution in [0.4, 0.5) is 11.4 Å². The molecule has 4 rings (SSSR count). The van der Waals surface area contributed by atoms with Crippen LogP contribution in [0, 0.1) is 12.3 Å². The predicted octanol–water partition coefficient (Wildman–Crippen LogP) is 6.69. The van der Waals surface area contributed by atoms with E-state index in [0.717, 1.165) is 34.9 Å². The Hall–Kier alpha value is -1.98. The van der Waals surface area contributed by atoms with E-state index in [4.69, 9.17) is 5.73 Å². The lowest BCUT2D eigenvalue weighted by Crippen LogP contribution is -2.35. The number of nitrogens with one attached hydrogen (secondary N) is 1. The summed E-state index contributed by atoms with van der Waals surface area (Å²) in [6.07, 6.45) is 5.29. The summed E-state index contributed by atoms with van der Waals surface area (Å²) in [6.45, 7) is 14.1. The molecule has 2 aromatic carbocycles. The first-order valence-corrected chi connectivity index (χ1v) is 12.2. The zero-order valence-electron chi connectivity index (χ0n) is 20.7. The SMILES string of the molecule is CC.CC(C)(C)N.Cc1ccc(C(=O)Nc2cccc(S)c2)c(N2CCC3(CC2)CC3)c1. The molecule has 1 heterocycles. The molecule has 2 aromatic rings. The molecule has 5 heteroatoms. The molecule has 0 bridgehead atoms. The monoisotopic (exact) mass is 455 g/mol. The fourth-order valence-corrected chi connectivity index (χ4v) is 4.00. The van der Waals surface area contributed by atoms with Crippen molar-refractivity contribution in [3.05, 3.63) is 53.6 Å². The minimum absolute atomic E-state index is 0. The Morgan fingerprint density at radius 1 is 1.03 bits per heavy atom. The van der Waals surface area contributed by atoms with Gasteiger partial charge < -0.3 is 16.0 Å². The van der Waals surface area contributed by atoms with Crippen LogP contribution in [-0.2, 0) is 0 Å². The van der Waals surface area contributed by atoms with Gasteiger partial charge in [-0.05, 0) is 94.7 Å². The van der Waals surface area contributed by atoms with Crippen LogP contribution in [0.2, 0.25) is 0 Å². The lowest BCUT2D eigenvalue weighted by atomic mass is 9.92. The van der Waals surface area contributed by atoms with E-state index in [9.17, 15) is 4.79 Å². The molecule has 3 N–H and O–H groups in total. The molecule has 1 aliphatic carbocycles. The summed E-state index contributed by atoms with van der Waals surface area (Å²) in [6, 6.07) is 13.7. The molecular weight excluding hydrogens is 414 g/mol. The standard InChI is InChI=1S/C21H24N2OS.C4H11N.C2H6/c1-15-5-6-18(20(24)22-16-3-2-4-17(25)14-16)19(13-15)23-11-9-21(7-8-21)10-12-23;1-4(2,3)5;1-2/h2-6,13-14,25H,7-12H2,1H3,(H,22,24);5H2,1-3H3;1-2H3. The van der Waals surface area contributed by atoms with E-state index in [2.05, 4.69) is 35.8 Å². The first kappa shape index (κ1) is 26.3. The third kappa shape index (κ3) is 8.18. The molecule has 0 radical (unpaired) electrons. The van der Waals surface area contributed by atoms with E-state index < -0.39 is 0 Å². The second-order valence-corrected chi connectivity index (χ2v) is 10.4. The molecule has 1 spiro atoms. The fourth-order valence-electron chi connectivity index (χ4n) is 3.78. The molecule has 1 aliphatic heterocycles. The third-order valence-electron chi connectivity index (χ3n) is 5.62. The molecule has 2 fully saturated rings. The second-order valence-electron chi connectivity index (χ2n) is 9.88. The van der Waals surface area contributed by atoms with Gasteiger partial charge in [-0.3, -0.25) is 4.79 Å². The Morgan fingerprint density at radius 3 is 2.16 bits per heavy atom. The molecule has 0 unspecified atom stereocenters. The van der Waals surface area contributed by atoms with Gasteiger partial charge in [-0.2, -0.15) is 0 Å². The van der Waals surface area contributed by atoms with Gasteiger partial charge in [-0.15, -0.1) is 12.6 Å². The average molecular weight is 456 g/mol. The largest absolute Gasteiger partial charge is 0.371 e. The van der Waals surface area contributed by atoms with Gasteiger partial charge in [0.1, 0.15) is 0 Å². The number of anilines is 2. The van der Waals surface area contributed by atoms with Crippen molar-refractivity contribution >= 4 is 29.9 Å². The summed E-state index contributed by atoms with van der Waals surface area (Å²) in [5, 5.41) is 3.01. The molecule has 0 atom stereocenters. The Bertz CT molecular complexity index is 884. The van der Waals surface area contributed by atoms with Crippen LogP contribution in [0.5, 0.6) is 0 Å². The van der Waals surface area contributed by atoms with Crippen LogP contribution in [0.15, 0.2) is 47.4 Å². The smallest absolute Gasteiger partial charge is 0.257 e. The maximum absolute atomic E-state index is 12.9. The van der Waals surface area contributed by atoms with E-state index in [1.165, 1.54) is 31.2 Å². The van der Waals surface area contributed by atoms with Gasteiger partial charge in [-0.1, -0.05) is 26.0 Å². The van der Waals surface area contributed by atoms with E-state index in [-0.39, 0.29) is 11.4 Å². The quantitative estimate of drug-likeness (QED) is 0.452. The highest BCUT2D eigenvalue weighted by atomic mass is 32.1. The predicted molar refractivity (Wildman–Crippen MR) is 141 cm³/mol. The van der Waals surface area contributed by atoms with Crippen LogP contribution < -0.4 is 16.0 Å². The highest BCUT2D eigenvalue weighted by Gasteiger charge is 2.44. The van der Waals surface area contributed by atoms with Crippen molar-refractivity contribution in [2.45, 2.75) is 77.7 Å². The first-order valence-electron chi connectivity index (χ1n) is 11.8. The molecule has 32 heavy (non-hydrogen) atoms. The molecule has 1 saturated carbocycles. The number of carbonyl (C=O) groups is 1. The number of thiol groups is 1. The molecule has 176 valence electrons. The molecular formula is C27H41N3OS. The zero-order valence-corrected chi connectivity index (χ0v) is 21.6. The van der Waals surface area contributed by atoms with Crippen LogP contribution >= 0.6 is 12.6 Å². The van der Waals surface area contributed by atoms with Crippen molar-refractivity contribution in [2.24, 2.45) is 11.1 Å². The van der Waals surface area contributed by atoms with Gasteiger partial charge >= 0.3 is 0 Å². The Labute approximate surface area is 200 Å². The number of amides is 1. The van der Waals surface area contributed by atoms with Crippen molar-refractivity contribution in [3.63, 3.8) is 0 Å². The lowest BCUT2D eigenvalue weighted by Gasteiger charge is -2.35. The number of piperidine rings is 1. The van der Waals surface area contributed by atoms with Crippen LogP contribution in [0.1, 0.15) is 76.2 Å². The van der Waals surface area contributed by atoms with Gasteiger partial charge in [0.05, 0.1) is 5.56 Å². The fraction of sp³-hybridized carbons (Fsp3) is 0.519. The van der Waals surface area contributed by atoms with E-state index >= 15 is 0 Å². The summed E-state index contributed by atoms with van der Waals surface area (Å²) < 4.78 is 0. The molecule has 0 aromatic heterocycles. The normalized spacial score (nSPS) is 16.3. The number of hydrogen-bond acceptors (Lipinski definition) is 4. The molecule has 1 amide bonds. The summed E-state index contributed by atoms with van der Waals surface area (Å²) in [5.74, 6) is -0.0550. The maximum atomic E-state index is 12.9. The van der Waals surface area contributed by atoms with E-state index in [1.54, 1.807) is 0 Å². The number of benzene rings is 2. The highest BCUT2D eigenvalue weighted by Crippen LogP contribution is 2.54. The average Bonchev–Trinajstić information content (AvgIpc) is 3.47. The Balaban J connectivity index is 0.000000460. The molecule has 1 saturated heterocycles. The minimum atomic E-state index is -0.0550. The maximum Gasteiger partial charge on any atom is 0.257 e. The number of carbonyl (C=O) groups excluding carboxylic acids is 1. The van der Waals surface area contributed by atoms with Crippen molar-refractivity contribution in [1.82, 2.24) is 0 Å². The number of nitrogens with two attached hydrogens (primary N) is 1. The number of hydrogen-bond donors (Lipinski definition) is 3. The third-order valence-corrected chi connectivity index (χ3v) is 5.90. The van der Waals surface area contributed by atoms with Crippen LogP contribution in [0.3, 0.4) is 0 Å². The number of aryl methyl sites for hydroxylation is 1. The van der Waals surface area contributed by atoms with Gasteiger partial charge in [-0.25, -0.2) is 0 Å². The van der Waals surface area contributed by atoms with Crippen molar-refractivity contribution < 1.29 is 4.79 Å². The minimum Gasteiger partial charge on any atom is -0.371 e. The van der Waals surface area contributed by atoms with E-state index in [0.29, 0.717) is 5.41 Å². The summed E-state index contributed by atoms with van der Waals surface area (Å²) in [5.41, 5.74) is 9.77. The summed E-state index contributed by atoms with van der Waals surface area (Å²) >= 11 is 4.34.